The first-order valence-corrected chi connectivity index (χ1v) is 7.23. The van der Waals surface area contributed by atoms with Crippen LogP contribution >= 0.6 is 0 Å². The van der Waals surface area contributed by atoms with Gasteiger partial charge in [-0.3, -0.25) is 9.59 Å². The molecule has 1 unspecified atom stereocenters. The van der Waals surface area contributed by atoms with E-state index in [2.05, 4.69) is 5.32 Å². The number of benzene rings is 1. The molecule has 0 saturated heterocycles. The number of amides is 1. The monoisotopic (exact) mass is 317 g/mol. The topological polar surface area (TPSA) is 81.7 Å². The number of ether oxygens (including phenoxy) is 2. The molecule has 6 nitrogen and oxygen atoms in total. The van der Waals surface area contributed by atoms with Crippen LogP contribution in [0.2, 0.25) is 0 Å². The lowest BCUT2D eigenvalue weighted by atomic mass is 10.0. The zero-order valence-corrected chi connectivity index (χ0v) is 13.3. The lowest BCUT2D eigenvalue weighted by Gasteiger charge is -2.20. The minimum atomic E-state index is -1.06. The molecule has 0 aliphatic carbocycles. The van der Waals surface area contributed by atoms with Gasteiger partial charge in [-0.1, -0.05) is 30.3 Å². The number of hydrogen-bond acceptors (Lipinski definition) is 5. The SMILES string of the molecule is CC(C)(C)OC(=O)CNC(=O)C1OC(=O)C=C1c1ccccc1. The van der Waals surface area contributed by atoms with Crippen LogP contribution in [-0.4, -0.2) is 36.1 Å². The highest BCUT2D eigenvalue weighted by Crippen LogP contribution is 2.26. The second kappa shape index (κ2) is 6.64. The van der Waals surface area contributed by atoms with E-state index in [0.717, 1.165) is 5.56 Å². The van der Waals surface area contributed by atoms with Crippen molar-refractivity contribution in [2.24, 2.45) is 0 Å². The molecule has 0 aromatic heterocycles. The summed E-state index contributed by atoms with van der Waals surface area (Å²) >= 11 is 0. The fourth-order valence-corrected chi connectivity index (χ4v) is 2.11. The molecule has 1 aromatic carbocycles. The van der Waals surface area contributed by atoms with Crippen molar-refractivity contribution >= 4 is 23.4 Å². The van der Waals surface area contributed by atoms with Crippen molar-refractivity contribution in [3.05, 3.63) is 42.0 Å². The molecular weight excluding hydrogens is 298 g/mol. The number of rotatable bonds is 4. The van der Waals surface area contributed by atoms with Crippen molar-refractivity contribution in [2.75, 3.05) is 6.54 Å². The highest BCUT2D eigenvalue weighted by atomic mass is 16.6. The van der Waals surface area contributed by atoms with Crippen LogP contribution in [0.1, 0.15) is 26.3 Å². The molecule has 0 spiro atoms. The number of esters is 2. The van der Waals surface area contributed by atoms with Crippen LogP contribution in [0.4, 0.5) is 0 Å². The molecule has 1 aromatic rings. The predicted octanol–water partition coefficient (Wildman–Crippen LogP) is 1.45. The molecule has 0 radical (unpaired) electrons. The summed E-state index contributed by atoms with van der Waals surface area (Å²) in [5.41, 5.74) is 0.560. The molecule has 0 saturated carbocycles. The van der Waals surface area contributed by atoms with Crippen LogP contribution in [0.3, 0.4) is 0 Å². The van der Waals surface area contributed by atoms with Crippen molar-refractivity contribution in [2.45, 2.75) is 32.5 Å². The molecule has 1 amide bonds. The Morgan fingerprint density at radius 3 is 2.48 bits per heavy atom. The second-order valence-electron chi connectivity index (χ2n) is 6.09. The van der Waals surface area contributed by atoms with Gasteiger partial charge in [-0.15, -0.1) is 0 Å². The summed E-state index contributed by atoms with van der Waals surface area (Å²) in [6.45, 7) is 4.93. The van der Waals surface area contributed by atoms with Gasteiger partial charge in [0.15, 0.2) is 0 Å². The van der Waals surface area contributed by atoms with Crippen molar-refractivity contribution < 1.29 is 23.9 Å². The van der Waals surface area contributed by atoms with Crippen molar-refractivity contribution in [1.82, 2.24) is 5.32 Å². The molecule has 2 rings (SSSR count). The lowest BCUT2D eigenvalue weighted by Crippen LogP contribution is -2.40. The van der Waals surface area contributed by atoms with E-state index in [1.165, 1.54) is 6.08 Å². The smallest absolute Gasteiger partial charge is 0.332 e. The fourth-order valence-electron chi connectivity index (χ4n) is 2.11. The van der Waals surface area contributed by atoms with E-state index in [9.17, 15) is 14.4 Å². The lowest BCUT2D eigenvalue weighted by molar-refractivity contribution is -0.155. The highest BCUT2D eigenvalue weighted by molar-refractivity contribution is 6.07. The van der Waals surface area contributed by atoms with Gasteiger partial charge in [0.05, 0.1) is 0 Å². The summed E-state index contributed by atoms with van der Waals surface area (Å²) in [6, 6.07) is 8.99. The Morgan fingerprint density at radius 2 is 1.87 bits per heavy atom. The Bertz CT molecular complexity index is 643. The van der Waals surface area contributed by atoms with Gasteiger partial charge in [0.1, 0.15) is 12.1 Å². The highest BCUT2D eigenvalue weighted by Gasteiger charge is 2.33. The Kier molecular flexibility index (Phi) is 4.83. The molecule has 122 valence electrons. The fraction of sp³-hybridized carbons (Fsp3) is 0.353. The number of carbonyl (C=O) groups is 3. The van der Waals surface area contributed by atoms with E-state index < -0.39 is 29.6 Å². The standard InChI is InChI=1S/C17H19NO5/c1-17(2,3)23-14(20)10-18-16(21)15-12(9-13(19)22-15)11-7-5-4-6-8-11/h4-9,15H,10H2,1-3H3,(H,18,21). The summed E-state index contributed by atoms with van der Waals surface area (Å²) in [4.78, 5) is 35.3. The molecule has 23 heavy (non-hydrogen) atoms. The van der Waals surface area contributed by atoms with Gasteiger partial charge in [-0.05, 0) is 26.3 Å². The Morgan fingerprint density at radius 1 is 1.22 bits per heavy atom. The molecule has 1 heterocycles. The molecule has 6 heteroatoms. The van der Waals surface area contributed by atoms with Gasteiger partial charge in [0.25, 0.3) is 5.91 Å². The number of cyclic esters (lactones) is 1. The van der Waals surface area contributed by atoms with E-state index in [1.54, 1.807) is 45.0 Å². The Hall–Kier alpha value is -2.63. The van der Waals surface area contributed by atoms with E-state index in [0.29, 0.717) is 5.57 Å². The zero-order valence-electron chi connectivity index (χ0n) is 13.3. The third kappa shape index (κ3) is 4.67. The van der Waals surface area contributed by atoms with Gasteiger partial charge in [0.2, 0.25) is 6.10 Å². The quantitative estimate of drug-likeness (QED) is 0.850. The minimum Gasteiger partial charge on any atom is -0.459 e. The summed E-state index contributed by atoms with van der Waals surface area (Å²) in [6.07, 6.45) is 0.222. The summed E-state index contributed by atoms with van der Waals surface area (Å²) < 4.78 is 10.1. The van der Waals surface area contributed by atoms with Crippen LogP contribution in [0, 0.1) is 0 Å². The molecular formula is C17H19NO5. The first-order valence-electron chi connectivity index (χ1n) is 7.23. The predicted molar refractivity (Wildman–Crippen MR) is 83.2 cm³/mol. The van der Waals surface area contributed by atoms with Crippen LogP contribution in [-0.2, 0) is 23.9 Å². The first-order chi connectivity index (χ1) is 10.8. The van der Waals surface area contributed by atoms with Gasteiger partial charge in [-0.25, -0.2) is 4.79 Å². The number of hydrogen-bond donors (Lipinski definition) is 1. The van der Waals surface area contributed by atoms with E-state index in [-0.39, 0.29) is 6.54 Å². The molecule has 1 N–H and O–H groups in total. The maximum absolute atomic E-state index is 12.2. The zero-order chi connectivity index (χ0) is 17.0. The maximum Gasteiger partial charge on any atom is 0.332 e. The summed E-state index contributed by atoms with van der Waals surface area (Å²) in [5, 5.41) is 2.44. The van der Waals surface area contributed by atoms with Gasteiger partial charge >= 0.3 is 11.9 Å². The van der Waals surface area contributed by atoms with Crippen molar-refractivity contribution in [3.8, 4) is 0 Å². The number of carbonyl (C=O) groups excluding carboxylic acids is 3. The van der Waals surface area contributed by atoms with Crippen molar-refractivity contribution in [1.29, 1.82) is 0 Å². The molecule has 1 aliphatic heterocycles. The Labute approximate surface area is 134 Å². The summed E-state index contributed by atoms with van der Waals surface area (Å²) in [7, 11) is 0. The second-order valence-corrected chi connectivity index (χ2v) is 6.09. The van der Waals surface area contributed by atoms with E-state index in [1.807, 2.05) is 6.07 Å². The van der Waals surface area contributed by atoms with Gasteiger partial charge < -0.3 is 14.8 Å². The third-order valence-corrected chi connectivity index (χ3v) is 2.96. The Balaban J connectivity index is 2.00. The van der Waals surface area contributed by atoms with Crippen LogP contribution in [0.15, 0.2) is 36.4 Å². The third-order valence-electron chi connectivity index (χ3n) is 2.96. The molecule has 1 aliphatic rings. The first kappa shape index (κ1) is 16.7. The van der Waals surface area contributed by atoms with Crippen LogP contribution in [0.5, 0.6) is 0 Å². The molecule has 0 bridgehead atoms. The minimum absolute atomic E-state index is 0.285. The van der Waals surface area contributed by atoms with E-state index >= 15 is 0 Å². The molecule has 0 fully saturated rings. The normalized spacial score (nSPS) is 17.3. The van der Waals surface area contributed by atoms with Crippen LogP contribution < -0.4 is 5.32 Å². The van der Waals surface area contributed by atoms with E-state index in [4.69, 9.17) is 9.47 Å². The van der Waals surface area contributed by atoms with Gasteiger partial charge in [-0.2, -0.15) is 0 Å². The molecule has 1 atom stereocenters. The average Bonchev–Trinajstić information content (AvgIpc) is 2.86. The largest absolute Gasteiger partial charge is 0.459 e. The van der Waals surface area contributed by atoms with Gasteiger partial charge in [0, 0.05) is 11.6 Å². The average molecular weight is 317 g/mol. The van der Waals surface area contributed by atoms with Crippen molar-refractivity contribution in [3.63, 3.8) is 0 Å². The van der Waals surface area contributed by atoms with Crippen LogP contribution in [0.25, 0.3) is 5.57 Å². The number of nitrogens with one attached hydrogen (secondary N) is 1. The summed E-state index contributed by atoms with van der Waals surface area (Å²) in [5.74, 6) is -1.70. The maximum atomic E-state index is 12.2.